The molecule has 0 aliphatic carbocycles. The Hall–Kier alpha value is -0.0300. The topological polar surface area (TPSA) is 58.4 Å². The molecule has 0 aromatic carbocycles. The molecule has 0 unspecified atom stereocenters. The lowest BCUT2D eigenvalue weighted by Gasteiger charge is -2.17. The summed E-state index contributed by atoms with van der Waals surface area (Å²) in [5.74, 6) is -0.0622. The average molecular weight is 274 g/mol. The number of rotatable bonds is 8. The highest BCUT2D eigenvalue weighted by atomic mass is 35.5. The summed E-state index contributed by atoms with van der Waals surface area (Å²) >= 11 is 0. The first-order valence-corrected chi connectivity index (χ1v) is 5.43. The van der Waals surface area contributed by atoms with Crippen molar-refractivity contribution >= 4 is 30.7 Å². The van der Waals surface area contributed by atoms with Gasteiger partial charge in [0.1, 0.15) is 0 Å². The minimum absolute atomic E-state index is 0. The number of nitrogens with one attached hydrogen (secondary N) is 1. The van der Waals surface area contributed by atoms with Crippen LogP contribution in [0.3, 0.4) is 0 Å². The summed E-state index contributed by atoms with van der Waals surface area (Å²) in [6.07, 6.45) is 2.16. The van der Waals surface area contributed by atoms with Crippen LogP contribution in [0.15, 0.2) is 0 Å². The highest BCUT2D eigenvalue weighted by Gasteiger charge is 1.99. The fourth-order valence-electron chi connectivity index (χ4n) is 1.30. The Balaban J connectivity index is -0.000000845. The monoisotopic (exact) mass is 273 g/mol. The van der Waals surface area contributed by atoms with Crippen LogP contribution < -0.4 is 11.1 Å². The predicted octanol–water partition coefficient (Wildman–Crippen LogP) is 1.03. The van der Waals surface area contributed by atoms with Crippen molar-refractivity contribution in [2.75, 3.05) is 32.7 Å². The van der Waals surface area contributed by atoms with E-state index in [2.05, 4.69) is 24.1 Å². The number of unbranched alkanes of at least 4 members (excludes halogenated alkanes) is 1. The van der Waals surface area contributed by atoms with Gasteiger partial charge in [0.2, 0.25) is 5.91 Å². The first kappa shape index (κ1) is 21.3. The number of nitrogens with two attached hydrogens (primary N) is 1. The number of carbonyl (C=O) groups is 1. The molecule has 1 amide bonds. The maximum atomic E-state index is 10.8. The Morgan fingerprint density at radius 1 is 1.19 bits per heavy atom. The highest BCUT2D eigenvalue weighted by molar-refractivity contribution is 5.85. The Bertz CT molecular complexity index is 155. The van der Waals surface area contributed by atoms with E-state index in [1.54, 1.807) is 0 Å². The summed E-state index contributed by atoms with van der Waals surface area (Å²) in [5.41, 5.74) is 5.16. The van der Waals surface area contributed by atoms with E-state index in [1.165, 1.54) is 0 Å². The summed E-state index contributed by atoms with van der Waals surface area (Å²) in [4.78, 5) is 13.2. The summed E-state index contributed by atoms with van der Waals surface area (Å²) in [6, 6.07) is 0. The summed E-state index contributed by atoms with van der Waals surface area (Å²) < 4.78 is 0. The van der Waals surface area contributed by atoms with Gasteiger partial charge in [-0.25, -0.2) is 0 Å². The second-order valence-electron chi connectivity index (χ2n) is 3.29. The zero-order chi connectivity index (χ0) is 10.8. The van der Waals surface area contributed by atoms with Crippen LogP contribution in [-0.4, -0.2) is 43.5 Å². The molecule has 0 saturated heterocycles. The van der Waals surface area contributed by atoms with Crippen molar-refractivity contribution in [2.24, 2.45) is 5.73 Å². The van der Waals surface area contributed by atoms with Gasteiger partial charge in [-0.3, -0.25) is 4.79 Å². The molecule has 0 saturated carbocycles. The molecule has 0 aliphatic heterocycles. The van der Waals surface area contributed by atoms with Crippen LogP contribution in [0.2, 0.25) is 0 Å². The maximum absolute atomic E-state index is 10.8. The number of hydrogen-bond donors (Lipinski definition) is 2. The van der Waals surface area contributed by atoms with Crippen molar-refractivity contribution in [1.82, 2.24) is 10.2 Å². The van der Waals surface area contributed by atoms with Crippen LogP contribution >= 0.6 is 24.8 Å². The molecule has 16 heavy (non-hydrogen) atoms. The van der Waals surface area contributed by atoms with E-state index in [9.17, 15) is 4.79 Å². The lowest BCUT2D eigenvalue weighted by atomic mass is 10.3. The van der Waals surface area contributed by atoms with E-state index in [-0.39, 0.29) is 37.3 Å². The Morgan fingerprint density at radius 2 is 1.75 bits per heavy atom. The van der Waals surface area contributed by atoms with Gasteiger partial charge in [0, 0.05) is 6.54 Å². The molecule has 0 spiro atoms. The van der Waals surface area contributed by atoms with Crippen molar-refractivity contribution in [1.29, 1.82) is 0 Å². The average Bonchev–Trinajstić information content (AvgIpc) is 2.23. The largest absolute Gasteiger partial charge is 0.355 e. The van der Waals surface area contributed by atoms with Crippen LogP contribution in [0.4, 0.5) is 0 Å². The van der Waals surface area contributed by atoms with Gasteiger partial charge in [0.05, 0.1) is 6.54 Å². The van der Waals surface area contributed by atoms with E-state index >= 15 is 0 Å². The fourth-order valence-corrected chi connectivity index (χ4v) is 1.30. The third-order valence-electron chi connectivity index (χ3n) is 2.30. The smallest absolute Gasteiger partial charge is 0.233 e. The standard InChI is InChI=1S/C10H23N3O.2ClH/c1-3-13(4-2)8-6-5-7-12-10(14)9-11;;/h3-9,11H2,1-2H3,(H,12,14);2*1H. The van der Waals surface area contributed by atoms with Gasteiger partial charge in [-0.15, -0.1) is 24.8 Å². The molecule has 0 aromatic heterocycles. The van der Waals surface area contributed by atoms with Crippen LogP contribution in [0, 0.1) is 0 Å². The molecular formula is C10H25Cl2N3O. The second kappa shape index (κ2) is 15.0. The van der Waals surface area contributed by atoms with Crippen molar-refractivity contribution in [3.8, 4) is 0 Å². The van der Waals surface area contributed by atoms with Gasteiger partial charge < -0.3 is 16.0 Å². The molecule has 0 aliphatic rings. The van der Waals surface area contributed by atoms with Crippen molar-refractivity contribution in [3.63, 3.8) is 0 Å². The molecule has 100 valence electrons. The van der Waals surface area contributed by atoms with E-state index in [4.69, 9.17) is 5.73 Å². The van der Waals surface area contributed by atoms with E-state index in [0.717, 1.165) is 39.0 Å². The van der Waals surface area contributed by atoms with Crippen LogP contribution in [0.25, 0.3) is 0 Å². The minimum Gasteiger partial charge on any atom is -0.355 e. The lowest BCUT2D eigenvalue weighted by molar-refractivity contribution is -0.119. The van der Waals surface area contributed by atoms with E-state index in [0.29, 0.717) is 0 Å². The van der Waals surface area contributed by atoms with Crippen LogP contribution in [-0.2, 0) is 4.79 Å². The Kier molecular flexibility index (Phi) is 19.9. The zero-order valence-corrected chi connectivity index (χ0v) is 11.8. The van der Waals surface area contributed by atoms with Crippen molar-refractivity contribution in [3.05, 3.63) is 0 Å². The maximum Gasteiger partial charge on any atom is 0.233 e. The van der Waals surface area contributed by atoms with E-state index < -0.39 is 0 Å². The Morgan fingerprint density at radius 3 is 2.19 bits per heavy atom. The second-order valence-corrected chi connectivity index (χ2v) is 3.29. The van der Waals surface area contributed by atoms with Crippen LogP contribution in [0.1, 0.15) is 26.7 Å². The quantitative estimate of drug-likeness (QED) is 0.650. The fraction of sp³-hybridized carbons (Fsp3) is 0.900. The zero-order valence-electron chi connectivity index (χ0n) is 10.2. The SMILES string of the molecule is CCN(CC)CCCCNC(=O)CN.Cl.Cl. The van der Waals surface area contributed by atoms with Gasteiger partial charge in [-0.2, -0.15) is 0 Å². The molecule has 0 fully saturated rings. The third kappa shape index (κ3) is 12.0. The summed E-state index contributed by atoms with van der Waals surface area (Å²) in [5, 5.41) is 2.76. The molecule has 0 atom stereocenters. The predicted molar refractivity (Wildman–Crippen MR) is 73.6 cm³/mol. The number of hydrogen-bond acceptors (Lipinski definition) is 3. The molecular weight excluding hydrogens is 249 g/mol. The van der Waals surface area contributed by atoms with Crippen molar-refractivity contribution < 1.29 is 4.79 Å². The number of amides is 1. The first-order valence-electron chi connectivity index (χ1n) is 5.43. The molecule has 6 heteroatoms. The van der Waals surface area contributed by atoms with E-state index in [1.807, 2.05) is 0 Å². The van der Waals surface area contributed by atoms with Gasteiger partial charge >= 0.3 is 0 Å². The van der Waals surface area contributed by atoms with Gasteiger partial charge in [0.15, 0.2) is 0 Å². The first-order chi connectivity index (χ1) is 6.74. The third-order valence-corrected chi connectivity index (χ3v) is 2.30. The number of halogens is 2. The molecule has 0 bridgehead atoms. The summed E-state index contributed by atoms with van der Waals surface area (Å²) in [7, 11) is 0. The molecule has 4 nitrogen and oxygen atoms in total. The summed E-state index contributed by atoms with van der Waals surface area (Å²) in [6.45, 7) is 8.50. The normalized spacial score (nSPS) is 9.25. The van der Waals surface area contributed by atoms with Gasteiger partial charge in [-0.1, -0.05) is 13.8 Å². The van der Waals surface area contributed by atoms with Crippen LogP contribution in [0.5, 0.6) is 0 Å². The lowest BCUT2D eigenvalue weighted by Crippen LogP contribution is -2.31. The molecule has 0 radical (unpaired) electrons. The molecule has 0 heterocycles. The van der Waals surface area contributed by atoms with Gasteiger partial charge in [0.25, 0.3) is 0 Å². The van der Waals surface area contributed by atoms with Gasteiger partial charge in [-0.05, 0) is 32.5 Å². The molecule has 0 rings (SSSR count). The minimum atomic E-state index is -0.0622. The Labute approximate surface area is 111 Å². The molecule has 0 aromatic rings. The van der Waals surface area contributed by atoms with Crippen molar-refractivity contribution in [2.45, 2.75) is 26.7 Å². The number of nitrogens with zero attached hydrogens (tertiary/aromatic N) is 1. The molecule has 3 N–H and O–H groups in total. The number of carbonyl (C=O) groups excluding carboxylic acids is 1. The highest BCUT2D eigenvalue weighted by Crippen LogP contribution is 1.93.